The molecule has 0 bridgehead atoms. The van der Waals surface area contributed by atoms with Crippen LogP contribution in [0, 0.1) is 0 Å². The zero-order chi connectivity index (χ0) is 8.36. The van der Waals surface area contributed by atoms with Gasteiger partial charge in [-0.05, 0) is 25.7 Å². The summed E-state index contributed by atoms with van der Waals surface area (Å²) in [5.74, 6) is 0.824. The molecule has 0 aliphatic heterocycles. The van der Waals surface area contributed by atoms with Crippen LogP contribution in [0.1, 0.15) is 45.4 Å². The summed E-state index contributed by atoms with van der Waals surface area (Å²) in [7, 11) is 0. The number of rotatable bonds is 7. The van der Waals surface area contributed by atoms with Crippen molar-refractivity contribution in [2.75, 3.05) is 5.88 Å². The second kappa shape index (κ2) is 10.0. The molecule has 0 nitrogen and oxygen atoms in total. The number of allylic oxidation sites excluding steroid dienone is 2. The predicted molar refractivity (Wildman–Crippen MR) is 53.2 cm³/mol. The molecular formula is C10H19Cl. The Labute approximate surface area is 75.6 Å². The van der Waals surface area contributed by atoms with Crippen LogP contribution in [0.25, 0.3) is 0 Å². The maximum absolute atomic E-state index is 5.55. The number of unbranched alkanes of at least 4 members (excludes halogenated alkanes) is 4. The van der Waals surface area contributed by atoms with Gasteiger partial charge in [-0.15, -0.1) is 11.6 Å². The molecule has 0 N–H and O–H groups in total. The van der Waals surface area contributed by atoms with Crippen LogP contribution < -0.4 is 0 Å². The van der Waals surface area contributed by atoms with Crippen molar-refractivity contribution in [3.05, 3.63) is 12.2 Å². The van der Waals surface area contributed by atoms with Crippen molar-refractivity contribution >= 4 is 11.6 Å². The minimum atomic E-state index is 0.824. The number of hydrogen-bond donors (Lipinski definition) is 0. The number of alkyl halides is 1. The third-order valence-corrected chi connectivity index (χ3v) is 1.92. The molecule has 0 amide bonds. The van der Waals surface area contributed by atoms with E-state index in [1.165, 1.54) is 38.5 Å². The van der Waals surface area contributed by atoms with E-state index < -0.39 is 0 Å². The fourth-order valence-electron chi connectivity index (χ4n) is 0.995. The Morgan fingerprint density at radius 3 is 2.36 bits per heavy atom. The fourth-order valence-corrected chi connectivity index (χ4v) is 1.18. The Bertz CT molecular complexity index is 86.9. The summed E-state index contributed by atoms with van der Waals surface area (Å²) in [4.78, 5) is 0. The van der Waals surface area contributed by atoms with Crippen LogP contribution in [-0.2, 0) is 0 Å². The minimum Gasteiger partial charge on any atom is -0.127 e. The summed E-state index contributed by atoms with van der Waals surface area (Å²) in [6, 6.07) is 0. The van der Waals surface area contributed by atoms with Gasteiger partial charge in [0.2, 0.25) is 0 Å². The van der Waals surface area contributed by atoms with E-state index in [-0.39, 0.29) is 0 Å². The van der Waals surface area contributed by atoms with Crippen LogP contribution in [0.3, 0.4) is 0 Å². The van der Waals surface area contributed by atoms with E-state index in [9.17, 15) is 0 Å². The predicted octanol–water partition coefficient (Wildman–Crippen LogP) is 4.14. The first kappa shape index (κ1) is 11.0. The lowest BCUT2D eigenvalue weighted by Crippen LogP contribution is -1.77. The van der Waals surface area contributed by atoms with Crippen molar-refractivity contribution in [2.45, 2.75) is 45.4 Å². The van der Waals surface area contributed by atoms with Crippen molar-refractivity contribution in [3.63, 3.8) is 0 Å². The third kappa shape index (κ3) is 10.0. The molecule has 0 aromatic rings. The van der Waals surface area contributed by atoms with Gasteiger partial charge in [-0.3, -0.25) is 0 Å². The fraction of sp³-hybridized carbons (Fsp3) is 0.800. The molecule has 1 heteroatoms. The Hall–Kier alpha value is 0.0300. The lowest BCUT2D eigenvalue weighted by Gasteiger charge is -1.94. The third-order valence-electron chi connectivity index (χ3n) is 1.66. The van der Waals surface area contributed by atoms with E-state index in [2.05, 4.69) is 19.1 Å². The van der Waals surface area contributed by atoms with Crippen molar-refractivity contribution in [2.24, 2.45) is 0 Å². The molecule has 0 unspecified atom stereocenters. The lowest BCUT2D eigenvalue weighted by atomic mass is 10.1. The van der Waals surface area contributed by atoms with Gasteiger partial charge in [0.25, 0.3) is 0 Å². The van der Waals surface area contributed by atoms with E-state index in [4.69, 9.17) is 11.6 Å². The average molecular weight is 175 g/mol. The zero-order valence-electron chi connectivity index (χ0n) is 7.48. The molecule has 0 aliphatic rings. The summed E-state index contributed by atoms with van der Waals surface area (Å²) in [5, 5.41) is 0. The first-order valence-electron chi connectivity index (χ1n) is 4.62. The molecule has 0 fully saturated rings. The SMILES string of the molecule is CC/C=C/CCCCCCCl. The Balaban J connectivity index is 2.85. The largest absolute Gasteiger partial charge is 0.127 e. The second-order valence-corrected chi connectivity index (χ2v) is 3.15. The summed E-state index contributed by atoms with van der Waals surface area (Å²) in [6.45, 7) is 2.17. The molecule has 0 saturated heterocycles. The molecule has 66 valence electrons. The average Bonchev–Trinajstić information content (AvgIpc) is 2.03. The molecule has 0 aromatic carbocycles. The summed E-state index contributed by atoms with van der Waals surface area (Å²) in [6.07, 6.45) is 12.1. The van der Waals surface area contributed by atoms with Gasteiger partial charge in [-0.2, -0.15) is 0 Å². The van der Waals surface area contributed by atoms with Crippen LogP contribution in [0.2, 0.25) is 0 Å². The lowest BCUT2D eigenvalue weighted by molar-refractivity contribution is 0.676. The van der Waals surface area contributed by atoms with E-state index >= 15 is 0 Å². The van der Waals surface area contributed by atoms with E-state index in [1.54, 1.807) is 0 Å². The van der Waals surface area contributed by atoms with Gasteiger partial charge in [0.15, 0.2) is 0 Å². The monoisotopic (exact) mass is 174 g/mol. The van der Waals surface area contributed by atoms with Crippen molar-refractivity contribution in [3.8, 4) is 0 Å². The molecule has 0 saturated carbocycles. The summed E-state index contributed by atoms with van der Waals surface area (Å²) in [5.41, 5.74) is 0. The highest BCUT2D eigenvalue weighted by molar-refractivity contribution is 6.17. The quantitative estimate of drug-likeness (QED) is 0.309. The van der Waals surface area contributed by atoms with Crippen molar-refractivity contribution in [1.29, 1.82) is 0 Å². The Kier molecular flexibility index (Phi) is 10.1. The number of hydrogen-bond acceptors (Lipinski definition) is 0. The van der Waals surface area contributed by atoms with Gasteiger partial charge >= 0.3 is 0 Å². The van der Waals surface area contributed by atoms with E-state index in [1.807, 2.05) is 0 Å². The topological polar surface area (TPSA) is 0 Å². The first-order valence-corrected chi connectivity index (χ1v) is 5.16. The van der Waals surface area contributed by atoms with Gasteiger partial charge < -0.3 is 0 Å². The van der Waals surface area contributed by atoms with Crippen LogP contribution >= 0.6 is 11.6 Å². The van der Waals surface area contributed by atoms with Crippen LogP contribution in [-0.4, -0.2) is 5.88 Å². The zero-order valence-corrected chi connectivity index (χ0v) is 8.24. The van der Waals surface area contributed by atoms with Gasteiger partial charge in [-0.1, -0.05) is 31.9 Å². The van der Waals surface area contributed by atoms with Crippen LogP contribution in [0.5, 0.6) is 0 Å². The summed E-state index contributed by atoms with van der Waals surface area (Å²) >= 11 is 5.55. The van der Waals surface area contributed by atoms with Crippen LogP contribution in [0.15, 0.2) is 12.2 Å². The van der Waals surface area contributed by atoms with Gasteiger partial charge in [0, 0.05) is 5.88 Å². The first-order chi connectivity index (χ1) is 5.41. The molecule has 11 heavy (non-hydrogen) atoms. The highest BCUT2D eigenvalue weighted by Crippen LogP contribution is 2.04. The second-order valence-electron chi connectivity index (χ2n) is 2.77. The Morgan fingerprint density at radius 1 is 1.00 bits per heavy atom. The normalized spacial score (nSPS) is 11.1. The maximum atomic E-state index is 5.55. The molecule has 0 aliphatic carbocycles. The van der Waals surface area contributed by atoms with E-state index in [0.717, 1.165) is 5.88 Å². The molecule has 0 spiro atoms. The number of halogens is 1. The molecule has 0 radical (unpaired) electrons. The highest BCUT2D eigenvalue weighted by Gasteiger charge is 1.86. The molecule has 0 aromatic heterocycles. The highest BCUT2D eigenvalue weighted by atomic mass is 35.5. The van der Waals surface area contributed by atoms with Crippen LogP contribution in [0.4, 0.5) is 0 Å². The minimum absolute atomic E-state index is 0.824. The summed E-state index contributed by atoms with van der Waals surface area (Å²) < 4.78 is 0. The molecular weight excluding hydrogens is 156 g/mol. The van der Waals surface area contributed by atoms with E-state index in [0.29, 0.717) is 0 Å². The molecule has 0 heterocycles. The molecule has 0 atom stereocenters. The Morgan fingerprint density at radius 2 is 1.73 bits per heavy atom. The van der Waals surface area contributed by atoms with Gasteiger partial charge in [0.1, 0.15) is 0 Å². The molecule has 0 rings (SSSR count). The van der Waals surface area contributed by atoms with Gasteiger partial charge in [-0.25, -0.2) is 0 Å². The van der Waals surface area contributed by atoms with Crippen molar-refractivity contribution < 1.29 is 0 Å². The van der Waals surface area contributed by atoms with Gasteiger partial charge in [0.05, 0.1) is 0 Å². The van der Waals surface area contributed by atoms with Crippen molar-refractivity contribution in [1.82, 2.24) is 0 Å². The standard InChI is InChI=1S/C10H19Cl/c1-2-3-4-5-6-7-8-9-10-11/h3-4H,2,5-10H2,1H3/b4-3+. The maximum Gasteiger partial charge on any atom is 0.0223 e. The smallest absolute Gasteiger partial charge is 0.0223 e.